The molecule has 0 aliphatic heterocycles. The summed E-state index contributed by atoms with van der Waals surface area (Å²) in [7, 11) is 0. The number of pyridine rings is 1. The summed E-state index contributed by atoms with van der Waals surface area (Å²) in [6, 6.07) is 15.2. The first-order chi connectivity index (χ1) is 12.2. The number of ether oxygens (including phenoxy) is 1. The van der Waals surface area contributed by atoms with Gasteiger partial charge in [-0.15, -0.1) is 0 Å². The third-order valence-corrected chi connectivity index (χ3v) is 4.04. The normalized spacial score (nSPS) is 11.9. The van der Waals surface area contributed by atoms with Crippen LogP contribution in [0.5, 0.6) is 0 Å². The maximum Gasteiger partial charge on any atom is 0.339 e. The number of hydrogen-bond acceptors (Lipinski definition) is 4. The molecule has 0 fully saturated rings. The highest BCUT2D eigenvalue weighted by Crippen LogP contribution is 2.25. The van der Waals surface area contributed by atoms with Crippen molar-refractivity contribution in [1.82, 2.24) is 9.97 Å². The van der Waals surface area contributed by atoms with Gasteiger partial charge in [-0.1, -0.05) is 30.3 Å². The number of benzene rings is 1. The summed E-state index contributed by atoms with van der Waals surface area (Å²) in [5.74, 6) is -0.339. The first kappa shape index (κ1) is 16.9. The van der Waals surface area contributed by atoms with E-state index in [0.717, 1.165) is 22.5 Å². The second kappa shape index (κ2) is 7.77. The first-order valence-electron chi connectivity index (χ1n) is 8.29. The molecule has 0 bridgehead atoms. The molecule has 3 rings (SSSR count). The van der Waals surface area contributed by atoms with Crippen LogP contribution in [0, 0.1) is 0 Å². The fraction of sp³-hybridized carbons (Fsp3) is 0.200. The molecule has 0 radical (unpaired) electrons. The monoisotopic (exact) mass is 335 g/mol. The molecule has 1 aromatic carbocycles. The van der Waals surface area contributed by atoms with Crippen LogP contribution in [0.4, 0.5) is 0 Å². The van der Waals surface area contributed by atoms with Crippen molar-refractivity contribution < 1.29 is 9.53 Å². The highest BCUT2D eigenvalue weighted by molar-refractivity contribution is 5.92. The van der Waals surface area contributed by atoms with Gasteiger partial charge in [0, 0.05) is 41.8 Å². The average molecular weight is 335 g/mol. The van der Waals surface area contributed by atoms with Crippen LogP contribution in [0.1, 0.15) is 34.6 Å². The largest absolute Gasteiger partial charge is 0.462 e. The van der Waals surface area contributed by atoms with E-state index < -0.39 is 0 Å². The van der Waals surface area contributed by atoms with E-state index in [9.17, 15) is 4.79 Å². The van der Waals surface area contributed by atoms with Crippen LogP contribution in [0.3, 0.4) is 0 Å². The van der Waals surface area contributed by atoms with E-state index in [0.29, 0.717) is 18.6 Å². The summed E-state index contributed by atoms with van der Waals surface area (Å²) in [5.41, 5.74) is 10.5. The summed E-state index contributed by atoms with van der Waals surface area (Å²) in [6.07, 6.45) is 3.95. The highest BCUT2D eigenvalue weighted by Gasteiger charge is 2.19. The molecule has 0 saturated heterocycles. The van der Waals surface area contributed by atoms with Gasteiger partial charge in [0.05, 0.1) is 12.2 Å². The van der Waals surface area contributed by atoms with Crippen molar-refractivity contribution in [3.05, 3.63) is 77.7 Å². The molecule has 25 heavy (non-hydrogen) atoms. The molecule has 2 aromatic heterocycles. The molecular weight excluding hydrogens is 314 g/mol. The van der Waals surface area contributed by atoms with E-state index in [4.69, 9.17) is 10.5 Å². The lowest BCUT2D eigenvalue weighted by atomic mass is 10.0. The maximum absolute atomic E-state index is 12.3. The molecule has 0 unspecified atom stereocenters. The Balaban J connectivity index is 1.93. The molecule has 2 heterocycles. The molecule has 128 valence electrons. The van der Waals surface area contributed by atoms with Crippen LogP contribution < -0.4 is 5.73 Å². The molecule has 5 nitrogen and oxygen atoms in total. The molecule has 0 aliphatic rings. The number of aromatic amines is 1. The summed E-state index contributed by atoms with van der Waals surface area (Å²) >= 11 is 0. The zero-order chi connectivity index (χ0) is 17.6. The van der Waals surface area contributed by atoms with Gasteiger partial charge in [0.25, 0.3) is 0 Å². The standard InChI is InChI=1S/C20H21N3O2/c1-2-25-20(24)16-12-18(15-8-10-22-11-9-15)23-19(16)13-17(21)14-6-4-3-5-7-14/h3-12,17,23H,2,13,21H2,1H3/t17-/m0/s1. The van der Waals surface area contributed by atoms with Gasteiger partial charge in [-0.25, -0.2) is 4.79 Å². The Morgan fingerprint density at radius 1 is 1.20 bits per heavy atom. The van der Waals surface area contributed by atoms with Crippen LogP contribution in [0.15, 0.2) is 60.9 Å². The number of esters is 1. The minimum Gasteiger partial charge on any atom is -0.462 e. The topological polar surface area (TPSA) is 81.0 Å². The van der Waals surface area contributed by atoms with Crippen molar-refractivity contribution in [1.29, 1.82) is 0 Å². The van der Waals surface area contributed by atoms with Crippen LogP contribution in [-0.4, -0.2) is 22.5 Å². The van der Waals surface area contributed by atoms with Crippen LogP contribution in [0.2, 0.25) is 0 Å². The lowest BCUT2D eigenvalue weighted by Crippen LogP contribution is -2.16. The fourth-order valence-corrected chi connectivity index (χ4v) is 2.77. The summed E-state index contributed by atoms with van der Waals surface area (Å²) in [6.45, 7) is 2.13. The molecule has 0 aliphatic carbocycles. The number of nitrogens with one attached hydrogen (secondary N) is 1. The number of aromatic nitrogens is 2. The molecule has 1 atom stereocenters. The van der Waals surface area contributed by atoms with E-state index >= 15 is 0 Å². The van der Waals surface area contributed by atoms with Gasteiger partial charge in [0.15, 0.2) is 0 Å². The number of rotatable bonds is 6. The van der Waals surface area contributed by atoms with Crippen molar-refractivity contribution in [3.8, 4) is 11.3 Å². The zero-order valence-corrected chi connectivity index (χ0v) is 14.1. The second-order valence-electron chi connectivity index (χ2n) is 5.75. The Labute approximate surface area is 146 Å². The van der Waals surface area contributed by atoms with Crippen molar-refractivity contribution in [2.24, 2.45) is 5.73 Å². The number of H-pyrrole nitrogens is 1. The summed E-state index contributed by atoms with van der Waals surface area (Å²) in [4.78, 5) is 19.7. The smallest absolute Gasteiger partial charge is 0.339 e. The van der Waals surface area contributed by atoms with E-state index in [1.165, 1.54) is 0 Å². The number of hydrogen-bond donors (Lipinski definition) is 2. The van der Waals surface area contributed by atoms with Crippen LogP contribution in [0.25, 0.3) is 11.3 Å². The Morgan fingerprint density at radius 3 is 2.60 bits per heavy atom. The Hall–Kier alpha value is -2.92. The SMILES string of the molecule is CCOC(=O)c1cc(-c2ccncc2)[nH]c1C[C@H](N)c1ccccc1. The van der Waals surface area contributed by atoms with Gasteiger partial charge in [0.2, 0.25) is 0 Å². The Kier molecular flexibility index (Phi) is 5.26. The number of carbonyl (C=O) groups is 1. The summed E-state index contributed by atoms with van der Waals surface area (Å²) < 4.78 is 5.19. The molecule has 0 spiro atoms. The molecule has 0 saturated carbocycles. The molecule has 5 heteroatoms. The lowest BCUT2D eigenvalue weighted by Gasteiger charge is -2.12. The highest BCUT2D eigenvalue weighted by atomic mass is 16.5. The maximum atomic E-state index is 12.3. The zero-order valence-electron chi connectivity index (χ0n) is 14.1. The first-order valence-corrected chi connectivity index (χ1v) is 8.29. The van der Waals surface area contributed by atoms with Gasteiger partial charge in [-0.3, -0.25) is 4.98 Å². The van der Waals surface area contributed by atoms with Crippen LogP contribution >= 0.6 is 0 Å². The van der Waals surface area contributed by atoms with Gasteiger partial charge >= 0.3 is 5.97 Å². The second-order valence-corrected chi connectivity index (χ2v) is 5.75. The third kappa shape index (κ3) is 3.95. The van der Waals surface area contributed by atoms with Crippen LogP contribution in [-0.2, 0) is 11.2 Å². The quantitative estimate of drug-likeness (QED) is 0.676. The van der Waals surface area contributed by atoms with E-state index in [2.05, 4.69) is 9.97 Å². The molecular formula is C20H21N3O2. The lowest BCUT2D eigenvalue weighted by molar-refractivity contribution is 0.0525. The molecule has 3 aromatic rings. The number of carbonyl (C=O) groups excluding carboxylic acids is 1. The number of nitrogens with zero attached hydrogens (tertiary/aromatic N) is 1. The predicted octanol–water partition coefficient (Wildman–Crippen LogP) is 3.50. The van der Waals surface area contributed by atoms with Crippen molar-refractivity contribution in [3.63, 3.8) is 0 Å². The number of nitrogens with two attached hydrogens (primary N) is 1. The Bertz CT molecular complexity index is 829. The van der Waals surface area contributed by atoms with E-state index in [1.54, 1.807) is 19.3 Å². The van der Waals surface area contributed by atoms with E-state index in [-0.39, 0.29) is 12.0 Å². The minimum atomic E-state index is -0.339. The van der Waals surface area contributed by atoms with Crippen molar-refractivity contribution in [2.75, 3.05) is 6.61 Å². The average Bonchev–Trinajstić information content (AvgIpc) is 3.07. The molecule has 0 amide bonds. The minimum absolute atomic E-state index is 0.210. The van der Waals surface area contributed by atoms with Gasteiger partial charge in [-0.2, -0.15) is 0 Å². The summed E-state index contributed by atoms with van der Waals surface area (Å²) in [5, 5.41) is 0. The predicted molar refractivity (Wildman–Crippen MR) is 97.1 cm³/mol. The van der Waals surface area contributed by atoms with Crippen molar-refractivity contribution in [2.45, 2.75) is 19.4 Å². The van der Waals surface area contributed by atoms with Gasteiger partial charge in [0.1, 0.15) is 0 Å². The third-order valence-electron chi connectivity index (χ3n) is 4.04. The molecule has 3 N–H and O–H groups in total. The van der Waals surface area contributed by atoms with Gasteiger partial charge < -0.3 is 15.5 Å². The van der Waals surface area contributed by atoms with E-state index in [1.807, 2.05) is 48.5 Å². The van der Waals surface area contributed by atoms with Crippen molar-refractivity contribution >= 4 is 5.97 Å². The Morgan fingerprint density at radius 2 is 1.92 bits per heavy atom. The fourth-order valence-electron chi connectivity index (χ4n) is 2.77. The van der Waals surface area contributed by atoms with Gasteiger partial charge in [-0.05, 0) is 30.7 Å².